The van der Waals surface area contributed by atoms with Crippen LogP contribution in [0.1, 0.15) is 17.4 Å². The Labute approximate surface area is 140 Å². The van der Waals surface area contributed by atoms with Gasteiger partial charge in [0.2, 0.25) is 0 Å². The molecule has 22 heavy (non-hydrogen) atoms. The summed E-state index contributed by atoms with van der Waals surface area (Å²) in [5.41, 5.74) is 1.15. The molecule has 1 aromatic carbocycles. The van der Waals surface area contributed by atoms with Crippen LogP contribution in [0.5, 0.6) is 0 Å². The maximum atomic E-state index is 12.6. The zero-order valence-corrected chi connectivity index (χ0v) is 14.8. The summed E-state index contributed by atoms with van der Waals surface area (Å²) in [7, 11) is -3.66. The molecule has 0 aliphatic rings. The third-order valence-corrected chi connectivity index (χ3v) is 6.07. The number of sulfonamides is 1. The molecule has 0 bridgehead atoms. The number of hydrogen-bond donors (Lipinski definition) is 1. The molecule has 120 valence electrons. The van der Waals surface area contributed by atoms with Gasteiger partial charge in [-0.2, -0.15) is 0 Å². The Morgan fingerprint density at radius 1 is 1.32 bits per heavy atom. The van der Waals surface area contributed by atoms with Crippen LogP contribution in [0, 0.1) is 6.92 Å². The molecule has 0 saturated carbocycles. The molecule has 0 radical (unpaired) electrons. The molecule has 0 saturated heterocycles. The van der Waals surface area contributed by atoms with Gasteiger partial charge >= 0.3 is 0 Å². The highest BCUT2D eigenvalue weighted by atomic mass is 35.5. The van der Waals surface area contributed by atoms with Crippen molar-refractivity contribution in [3.63, 3.8) is 0 Å². The lowest BCUT2D eigenvalue weighted by atomic mass is 10.2. The predicted molar refractivity (Wildman–Crippen MR) is 91.5 cm³/mol. The van der Waals surface area contributed by atoms with Crippen LogP contribution >= 0.6 is 22.9 Å². The molecule has 0 unspecified atom stereocenters. The van der Waals surface area contributed by atoms with Crippen molar-refractivity contribution in [2.75, 3.05) is 17.9 Å². The van der Waals surface area contributed by atoms with Gasteiger partial charge < -0.3 is 4.74 Å². The van der Waals surface area contributed by atoms with Crippen molar-refractivity contribution in [2.24, 2.45) is 0 Å². The molecule has 7 heteroatoms. The molecule has 1 heterocycles. The first kappa shape index (κ1) is 17.3. The maximum Gasteiger partial charge on any atom is 0.262 e. The molecule has 0 aliphatic heterocycles. The van der Waals surface area contributed by atoms with Crippen molar-refractivity contribution in [2.45, 2.75) is 25.2 Å². The number of halogens is 1. The highest BCUT2D eigenvalue weighted by molar-refractivity contribution is 7.92. The van der Waals surface area contributed by atoms with Crippen LogP contribution in [0.4, 0.5) is 5.69 Å². The van der Waals surface area contributed by atoms with E-state index in [1.807, 2.05) is 12.3 Å². The predicted octanol–water partition coefficient (Wildman–Crippen LogP) is 4.09. The number of hydrogen-bond acceptors (Lipinski definition) is 4. The van der Waals surface area contributed by atoms with Crippen LogP contribution in [0.15, 0.2) is 34.5 Å². The largest absolute Gasteiger partial charge is 0.381 e. The minimum atomic E-state index is -3.66. The maximum absolute atomic E-state index is 12.6. The Morgan fingerprint density at radius 2 is 2.09 bits per heavy atom. The van der Waals surface area contributed by atoms with Gasteiger partial charge in [0.05, 0.1) is 17.2 Å². The number of benzene rings is 1. The average molecular weight is 360 g/mol. The number of thiophene rings is 1. The molecule has 0 fully saturated rings. The fraction of sp³-hybridized carbons (Fsp3) is 0.333. The van der Waals surface area contributed by atoms with Crippen molar-refractivity contribution in [1.82, 2.24) is 0 Å². The van der Waals surface area contributed by atoms with Crippen LogP contribution < -0.4 is 4.72 Å². The number of nitrogens with one attached hydrogen (secondary N) is 1. The highest BCUT2D eigenvalue weighted by Gasteiger charge is 2.19. The van der Waals surface area contributed by atoms with Crippen LogP contribution in [-0.2, 0) is 21.2 Å². The van der Waals surface area contributed by atoms with E-state index >= 15 is 0 Å². The van der Waals surface area contributed by atoms with Crippen LogP contribution in [0.25, 0.3) is 0 Å². The molecule has 2 rings (SSSR count). The van der Waals surface area contributed by atoms with Gasteiger partial charge in [0.1, 0.15) is 0 Å². The van der Waals surface area contributed by atoms with E-state index in [9.17, 15) is 8.42 Å². The smallest absolute Gasteiger partial charge is 0.262 e. The van der Waals surface area contributed by atoms with E-state index < -0.39 is 10.0 Å². The number of anilines is 1. The second-order valence-electron chi connectivity index (χ2n) is 4.67. The summed E-state index contributed by atoms with van der Waals surface area (Å²) >= 11 is 7.52. The van der Waals surface area contributed by atoms with E-state index in [-0.39, 0.29) is 4.90 Å². The van der Waals surface area contributed by atoms with Crippen LogP contribution in [0.2, 0.25) is 5.02 Å². The Balaban J connectivity index is 2.23. The summed E-state index contributed by atoms with van der Waals surface area (Å²) in [6, 6.07) is 6.63. The quantitative estimate of drug-likeness (QED) is 0.757. The summed E-state index contributed by atoms with van der Waals surface area (Å²) in [6.45, 7) is 4.84. The Kier molecular flexibility index (Phi) is 5.86. The first-order valence-electron chi connectivity index (χ1n) is 6.87. The SMILES string of the molecule is CCOCCc1sccc1NS(=O)(=O)c1cccc(Cl)c1C. The van der Waals surface area contributed by atoms with Crippen LogP contribution in [0.3, 0.4) is 0 Å². The van der Waals surface area contributed by atoms with Crippen molar-refractivity contribution in [3.8, 4) is 0 Å². The molecule has 0 amide bonds. The van der Waals surface area contributed by atoms with Gasteiger partial charge in [0.15, 0.2) is 0 Å². The molecular weight excluding hydrogens is 342 g/mol. The normalized spacial score (nSPS) is 11.6. The van der Waals surface area contributed by atoms with E-state index in [0.717, 1.165) is 4.88 Å². The molecule has 1 N–H and O–H groups in total. The summed E-state index contributed by atoms with van der Waals surface area (Å²) < 4.78 is 33.1. The minimum Gasteiger partial charge on any atom is -0.381 e. The van der Waals surface area contributed by atoms with Gasteiger partial charge in [-0.3, -0.25) is 4.72 Å². The lowest BCUT2D eigenvalue weighted by Crippen LogP contribution is -2.15. The van der Waals surface area contributed by atoms with Gasteiger partial charge in [0, 0.05) is 22.9 Å². The Hall–Kier alpha value is -1.08. The minimum absolute atomic E-state index is 0.196. The zero-order chi connectivity index (χ0) is 16.2. The van der Waals surface area contributed by atoms with Crippen molar-refractivity contribution >= 4 is 38.6 Å². The fourth-order valence-electron chi connectivity index (χ4n) is 2.01. The Bertz CT molecular complexity index is 741. The molecule has 0 aliphatic carbocycles. The van der Waals surface area contributed by atoms with Gasteiger partial charge in [-0.15, -0.1) is 11.3 Å². The fourth-order valence-corrected chi connectivity index (χ4v) is 4.49. The van der Waals surface area contributed by atoms with Gasteiger partial charge in [-0.25, -0.2) is 8.42 Å². The number of rotatable bonds is 7. The lowest BCUT2D eigenvalue weighted by molar-refractivity contribution is 0.151. The second-order valence-corrected chi connectivity index (χ2v) is 7.73. The Morgan fingerprint density at radius 3 is 2.82 bits per heavy atom. The summed E-state index contributed by atoms with van der Waals surface area (Å²) in [5.74, 6) is 0. The van der Waals surface area contributed by atoms with Gasteiger partial charge in [-0.05, 0) is 43.0 Å². The molecular formula is C15H18ClNO3S2. The van der Waals surface area contributed by atoms with E-state index in [2.05, 4.69) is 4.72 Å². The lowest BCUT2D eigenvalue weighted by Gasteiger charge is -2.12. The van der Waals surface area contributed by atoms with E-state index in [1.165, 1.54) is 11.3 Å². The van der Waals surface area contributed by atoms with Crippen molar-refractivity contribution in [3.05, 3.63) is 45.1 Å². The average Bonchev–Trinajstić information content (AvgIpc) is 2.88. The third-order valence-electron chi connectivity index (χ3n) is 3.17. The van der Waals surface area contributed by atoms with Crippen molar-refractivity contribution < 1.29 is 13.2 Å². The highest BCUT2D eigenvalue weighted by Crippen LogP contribution is 2.28. The van der Waals surface area contributed by atoms with E-state index in [0.29, 0.717) is 35.9 Å². The molecule has 1 aromatic heterocycles. The van der Waals surface area contributed by atoms with Crippen LogP contribution in [-0.4, -0.2) is 21.6 Å². The second kappa shape index (κ2) is 7.46. The number of ether oxygens (including phenoxy) is 1. The first-order chi connectivity index (χ1) is 10.5. The molecule has 0 spiro atoms. The molecule has 4 nitrogen and oxygen atoms in total. The molecule has 2 aromatic rings. The zero-order valence-electron chi connectivity index (χ0n) is 12.4. The molecule has 0 atom stereocenters. The van der Waals surface area contributed by atoms with Gasteiger partial charge in [-0.1, -0.05) is 17.7 Å². The third kappa shape index (κ3) is 4.01. The van der Waals surface area contributed by atoms with Gasteiger partial charge in [0.25, 0.3) is 10.0 Å². The summed E-state index contributed by atoms with van der Waals surface area (Å²) in [6.07, 6.45) is 0.678. The standard InChI is InChI=1S/C15H18ClNO3S2/c1-3-20-9-7-14-13(8-10-21-14)17-22(18,19)15-6-4-5-12(16)11(15)2/h4-6,8,10,17H,3,7,9H2,1-2H3. The topological polar surface area (TPSA) is 55.4 Å². The monoisotopic (exact) mass is 359 g/mol. The van der Waals surface area contributed by atoms with E-state index in [1.54, 1.807) is 31.2 Å². The first-order valence-corrected chi connectivity index (χ1v) is 9.62. The summed E-state index contributed by atoms with van der Waals surface area (Å²) in [5, 5.41) is 2.30. The summed E-state index contributed by atoms with van der Waals surface area (Å²) in [4.78, 5) is 1.15. The van der Waals surface area contributed by atoms with E-state index in [4.69, 9.17) is 16.3 Å². The van der Waals surface area contributed by atoms with Crippen molar-refractivity contribution in [1.29, 1.82) is 0 Å².